The molecule has 1 amide bonds. The maximum atomic E-state index is 12.7. The Kier molecular flexibility index (Phi) is 6.69. The predicted molar refractivity (Wildman–Crippen MR) is 139 cm³/mol. The number of para-hydroxylation sites is 1. The van der Waals surface area contributed by atoms with Crippen molar-refractivity contribution in [2.75, 3.05) is 42.9 Å². The number of carbonyl (C=O) groups is 1. The number of benzene rings is 3. The lowest BCUT2D eigenvalue weighted by atomic mass is 10.1. The molecule has 0 unspecified atom stereocenters. The van der Waals surface area contributed by atoms with Crippen molar-refractivity contribution in [3.63, 3.8) is 0 Å². The summed E-state index contributed by atoms with van der Waals surface area (Å²) >= 11 is 1.55. The van der Waals surface area contributed by atoms with Crippen molar-refractivity contribution in [2.45, 2.75) is 6.42 Å². The molecule has 5 rings (SSSR count). The zero-order valence-electron chi connectivity index (χ0n) is 19.1. The number of piperazine rings is 1. The van der Waals surface area contributed by atoms with E-state index in [1.54, 1.807) is 17.6 Å². The van der Waals surface area contributed by atoms with Crippen molar-refractivity contribution in [1.82, 2.24) is 9.27 Å². The van der Waals surface area contributed by atoms with E-state index >= 15 is 0 Å². The molecule has 0 spiro atoms. The van der Waals surface area contributed by atoms with Gasteiger partial charge in [0.2, 0.25) is 0 Å². The maximum Gasteiger partial charge on any atom is 0.270 e. The number of anilines is 2. The molecule has 35 heavy (non-hydrogen) atoms. The number of hydrogen-bond acceptors (Lipinski definition) is 7. The van der Waals surface area contributed by atoms with Crippen LogP contribution < -0.4 is 10.2 Å². The Morgan fingerprint density at radius 1 is 1.00 bits per heavy atom. The molecule has 8 nitrogen and oxygen atoms in total. The van der Waals surface area contributed by atoms with Crippen LogP contribution >= 0.6 is 11.5 Å². The fourth-order valence-corrected chi connectivity index (χ4v) is 5.17. The highest BCUT2D eigenvalue weighted by Crippen LogP contribution is 2.30. The smallest absolute Gasteiger partial charge is 0.270 e. The van der Waals surface area contributed by atoms with Crippen molar-refractivity contribution >= 4 is 44.7 Å². The average molecular weight is 488 g/mol. The van der Waals surface area contributed by atoms with Crippen molar-refractivity contribution in [3.8, 4) is 0 Å². The molecular formula is C26H25N5O3S. The summed E-state index contributed by atoms with van der Waals surface area (Å²) in [7, 11) is 0. The Labute approximate surface area is 207 Å². The molecule has 178 valence electrons. The van der Waals surface area contributed by atoms with Gasteiger partial charge in [-0.25, -0.2) is 0 Å². The molecule has 1 aromatic heterocycles. The van der Waals surface area contributed by atoms with Crippen molar-refractivity contribution in [1.29, 1.82) is 0 Å². The Balaban J connectivity index is 1.19. The summed E-state index contributed by atoms with van der Waals surface area (Å²) in [5.41, 5.74) is 1.94. The summed E-state index contributed by atoms with van der Waals surface area (Å²) in [4.78, 5) is 28.1. The maximum absolute atomic E-state index is 12.7. The summed E-state index contributed by atoms with van der Waals surface area (Å²) in [6, 6.07) is 21.9. The van der Waals surface area contributed by atoms with Crippen LogP contribution in [0.5, 0.6) is 0 Å². The van der Waals surface area contributed by atoms with E-state index in [4.69, 9.17) is 0 Å². The monoisotopic (exact) mass is 487 g/mol. The standard InChI is InChI=1S/C26H25N5O3S/c32-26(20-7-5-8-21(18-20)31(33)34)27-23-10-3-1-6-19(23)12-13-29-14-16-30(17-15-29)25-22-9-2-4-11-24(22)35-28-25/h1-11,18H,12-17H2,(H,27,32). The van der Waals surface area contributed by atoms with E-state index in [1.807, 2.05) is 30.3 Å². The first kappa shape index (κ1) is 22.9. The molecule has 9 heteroatoms. The third-order valence-electron chi connectivity index (χ3n) is 6.31. The third kappa shape index (κ3) is 5.16. The van der Waals surface area contributed by atoms with Crippen LogP contribution in [0.15, 0.2) is 72.8 Å². The van der Waals surface area contributed by atoms with Gasteiger partial charge in [-0.05, 0) is 47.8 Å². The van der Waals surface area contributed by atoms with Crippen LogP contribution in [0.25, 0.3) is 10.1 Å². The Bertz CT molecular complexity index is 1360. The van der Waals surface area contributed by atoms with Crippen molar-refractivity contribution < 1.29 is 9.72 Å². The van der Waals surface area contributed by atoms with Gasteiger partial charge in [-0.1, -0.05) is 36.4 Å². The Morgan fingerprint density at radius 3 is 2.60 bits per heavy atom. The van der Waals surface area contributed by atoms with Gasteiger partial charge < -0.3 is 10.2 Å². The van der Waals surface area contributed by atoms with Crippen LogP contribution in [0.2, 0.25) is 0 Å². The lowest BCUT2D eigenvalue weighted by Crippen LogP contribution is -2.47. The van der Waals surface area contributed by atoms with Crippen molar-refractivity contribution in [3.05, 3.63) is 94.0 Å². The predicted octanol–water partition coefficient (Wildman–Crippen LogP) is 4.82. The molecule has 4 aromatic rings. The molecular weight excluding hydrogens is 462 g/mol. The van der Waals surface area contributed by atoms with Crippen molar-refractivity contribution in [2.24, 2.45) is 0 Å². The van der Waals surface area contributed by atoms with Gasteiger partial charge in [-0.15, -0.1) is 0 Å². The first-order valence-corrected chi connectivity index (χ1v) is 12.3. The van der Waals surface area contributed by atoms with E-state index in [9.17, 15) is 14.9 Å². The van der Waals surface area contributed by atoms with Gasteiger partial charge in [0.05, 0.1) is 9.62 Å². The van der Waals surface area contributed by atoms with Gasteiger partial charge in [0.1, 0.15) is 5.82 Å². The number of nitro benzene ring substituents is 1. The highest BCUT2D eigenvalue weighted by molar-refractivity contribution is 7.13. The van der Waals surface area contributed by atoms with E-state index in [0.717, 1.165) is 56.2 Å². The zero-order chi connectivity index (χ0) is 24.2. The van der Waals surface area contributed by atoms with Gasteiger partial charge in [0, 0.05) is 61.5 Å². The summed E-state index contributed by atoms with van der Waals surface area (Å²) in [6.07, 6.45) is 0.797. The second-order valence-electron chi connectivity index (χ2n) is 8.50. The molecule has 3 aromatic carbocycles. The van der Waals surface area contributed by atoms with Crippen LogP contribution in [0.4, 0.5) is 17.2 Å². The lowest BCUT2D eigenvalue weighted by molar-refractivity contribution is -0.384. The molecule has 1 aliphatic rings. The second kappa shape index (κ2) is 10.2. The van der Waals surface area contributed by atoms with Gasteiger partial charge in [-0.2, -0.15) is 4.37 Å². The van der Waals surface area contributed by atoms with Gasteiger partial charge in [-0.3, -0.25) is 19.8 Å². The molecule has 0 bridgehead atoms. The minimum atomic E-state index is -0.499. The first-order valence-electron chi connectivity index (χ1n) is 11.5. The molecule has 1 aliphatic heterocycles. The number of aromatic nitrogens is 1. The van der Waals surface area contributed by atoms with Crippen LogP contribution in [0.3, 0.4) is 0 Å². The number of nitrogens with one attached hydrogen (secondary N) is 1. The van der Waals surface area contributed by atoms with Crippen LogP contribution in [-0.2, 0) is 6.42 Å². The molecule has 0 atom stereocenters. The highest BCUT2D eigenvalue weighted by atomic mass is 32.1. The van der Waals surface area contributed by atoms with Crippen LogP contribution in [0.1, 0.15) is 15.9 Å². The fourth-order valence-electron chi connectivity index (χ4n) is 4.38. The largest absolute Gasteiger partial charge is 0.353 e. The van der Waals surface area contributed by atoms with Gasteiger partial charge in [0.25, 0.3) is 11.6 Å². The molecule has 0 radical (unpaired) electrons. The zero-order valence-corrected chi connectivity index (χ0v) is 19.9. The number of fused-ring (bicyclic) bond motifs is 1. The Morgan fingerprint density at radius 2 is 1.77 bits per heavy atom. The minimum absolute atomic E-state index is 0.101. The summed E-state index contributed by atoms with van der Waals surface area (Å²) in [6.45, 7) is 4.65. The quantitative estimate of drug-likeness (QED) is 0.297. The number of carbonyl (C=O) groups excluding carboxylic acids is 1. The topological polar surface area (TPSA) is 91.6 Å². The van der Waals surface area contributed by atoms with Gasteiger partial charge in [0.15, 0.2) is 0 Å². The number of nitro groups is 1. The van der Waals surface area contributed by atoms with E-state index in [2.05, 4.69) is 37.7 Å². The number of rotatable bonds is 7. The number of hydrogen-bond donors (Lipinski definition) is 1. The van der Waals surface area contributed by atoms with E-state index in [1.165, 1.54) is 28.3 Å². The molecule has 1 saturated heterocycles. The molecule has 2 heterocycles. The van der Waals surface area contributed by atoms with E-state index in [0.29, 0.717) is 0 Å². The fraction of sp³-hybridized carbons (Fsp3) is 0.231. The molecule has 0 saturated carbocycles. The molecule has 1 fully saturated rings. The SMILES string of the molecule is O=C(Nc1ccccc1CCN1CCN(c2nsc3ccccc23)CC1)c1cccc([N+](=O)[O-])c1. The molecule has 0 aliphatic carbocycles. The summed E-state index contributed by atoms with van der Waals surface area (Å²) < 4.78 is 5.90. The first-order chi connectivity index (χ1) is 17.1. The van der Waals surface area contributed by atoms with Crippen LogP contribution in [0, 0.1) is 10.1 Å². The average Bonchev–Trinajstić information content (AvgIpc) is 3.33. The summed E-state index contributed by atoms with van der Waals surface area (Å²) in [5.74, 6) is 0.727. The number of non-ortho nitro benzene ring substituents is 1. The molecule has 1 N–H and O–H groups in total. The van der Waals surface area contributed by atoms with E-state index in [-0.39, 0.29) is 17.2 Å². The number of nitrogens with zero attached hydrogens (tertiary/aromatic N) is 4. The van der Waals surface area contributed by atoms with E-state index < -0.39 is 4.92 Å². The minimum Gasteiger partial charge on any atom is -0.353 e. The van der Waals surface area contributed by atoms with Gasteiger partial charge >= 0.3 is 0 Å². The van der Waals surface area contributed by atoms with Crippen LogP contribution in [-0.4, -0.2) is 52.8 Å². The highest BCUT2D eigenvalue weighted by Gasteiger charge is 2.21. The normalized spacial score (nSPS) is 14.2. The lowest BCUT2D eigenvalue weighted by Gasteiger charge is -2.35. The Hall–Kier alpha value is -3.82. The summed E-state index contributed by atoms with van der Waals surface area (Å²) in [5, 5.41) is 15.2. The third-order valence-corrected chi connectivity index (χ3v) is 7.13. The second-order valence-corrected chi connectivity index (χ2v) is 9.30. The number of amides is 1.